The molecular weight excluding hydrogens is 220 g/mol. The van der Waals surface area contributed by atoms with Crippen molar-refractivity contribution in [2.75, 3.05) is 5.73 Å². The third kappa shape index (κ3) is 1.42. The quantitative estimate of drug-likeness (QED) is 0.594. The first kappa shape index (κ1) is 10.2. The van der Waals surface area contributed by atoms with E-state index in [0.29, 0.717) is 11.3 Å². The van der Waals surface area contributed by atoms with Crippen molar-refractivity contribution in [3.8, 4) is 0 Å². The molecule has 0 aliphatic heterocycles. The molecule has 0 bridgehead atoms. The van der Waals surface area contributed by atoms with Crippen LogP contribution in [0.3, 0.4) is 0 Å². The Morgan fingerprint density at radius 3 is 2.76 bits per heavy atom. The van der Waals surface area contributed by atoms with E-state index in [4.69, 9.17) is 5.73 Å². The van der Waals surface area contributed by atoms with Gasteiger partial charge in [-0.3, -0.25) is 0 Å². The van der Waals surface area contributed by atoms with E-state index in [1.807, 2.05) is 0 Å². The maximum atomic E-state index is 9.85. The minimum Gasteiger partial charge on any atom is -0.388 e. The summed E-state index contributed by atoms with van der Waals surface area (Å²) in [5, 5.41) is 19.3. The number of aliphatic hydroxyl groups excluding tert-OH is 2. The monoisotopic (exact) mass is 232 g/mol. The second kappa shape index (κ2) is 3.54. The smallest absolute Gasteiger partial charge is 0.151 e. The summed E-state index contributed by atoms with van der Waals surface area (Å²) in [5.74, 6) is 0.360. The summed E-state index contributed by atoms with van der Waals surface area (Å²) < 4.78 is 1.78. The largest absolute Gasteiger partial charge is 0.388 e. The molecule has 2 heterocycles. The van der Waals surface area contributed by atoms with Crippen molar-refractivity contribution in [3.05, 3.63) is 30.7 Å². The van der Waals surface area contributed by atoms with Gasteiger partial charge >= 0.3 is 0 Å². The van der Waals surface area contributed by atoms with Gasteiger partial charge in [0.05, 0.1) is 17.9 Å². The van der Waals surface area contributed by atoms with Crippen molar-refractivity contribution in [1.82, 2.24) is 14.5 Å². The lowest BCUT2D eigenvalue weighted by atomic mass is 10.2. The number of pyridine rings is 1. The minimum absolute atomic E-state index is 0.322. The Kier molecular flexibility index (Phi) is 2.13. The van der Waals surface area contributed by atoms with E-state index in [9.17, 15) is 10.2 Å². The predicted octanol–water partition coefficient (Wildman–Crippen LogP) is -0.154. The molecule has 2 aromatic heterocycles. The Labute approximate surface area is 97.0 Å². The second-order valence-electron chi connectivity index (χ2n) is 4.07. The van der Waals surface area contributed by atoms with E-state index in [1.165, 1.54) is 0 Å². The van der Waals surface area contributed by atoms with E-state index in [-0.39, 0.29) is 6.04 Å². The molecule has 4 N–H and O–H groups in total. The van der Waals surface area contributed by atoms with Gasteiger partial charge in [0.1, 0.15) is 17.7 Å². The summed E-state index contributed by atoms with van der Waals surface area (Å²) in [6.45, 7) is 0. The molecule has 0 aromatic carbocycles. The van der Waals surface area contributed by atoms with Crippen LogP contribution < -0.4 is 5.73 Å². The van der Waals surface area contributed by atoms with Crippen LogP contribution in [0.2, 0.25) is 0 Å². The number of fused-ring (bicyclic) bond motifs is 1. The second-order valence-corrected chi connectivity index (χ2v) is 4.07. The molecule has 1 aliphatic carbocycles. The van der Waals surface area contributed by atoms with E-state index in [1.54, 1.807) is 35.3 Å². The van der Waals surface area contributed by atoms with E-state index in [2.05, 4.69) is 9.97 Å². The van der Waals surface area contributed by atoms with Crippen molar-refractivity contribution in [2.24, 2.45) is 0 Å². The minimum atomic E-state index is -0.859. The van der Waals surface area contributed by atoms with Gasteiger partial charge in [0.15, 0.2) is 5.82 Å². The Morgan fingerprint density at radius 2 is 2.06 bits per heavy atom. The Bertz CT molecular complexity index is 592. The zero-order valence-electron chi connectivity index (χ0n) is 8.93. The fraction of sp³-hybridized carbons (Fsp3) is 0.273. The number of hydrogen-bond donors (Lipinski definition) is 3. The Balaban J connectivity index is 2.13. The van der Waals surface area contributed by atoms with Gasteiger partial charge in [-0.15, -0.1) is 0 Å². The predicted molar refractivity (Wildman–Crippen MR) is 62.1 cm³/mol. The van der Waals surface area contributed by atoms with Gasteiger partial charge < -0.3 is 20.5 Å². The van der Waals surface area contributed by atoms with Crippen molar-refractivity contribution >= 4 is 16.9 Å². The number of anilines is 1. The molecule has 2 aromatic rings. The third-order valence-corrected chi connectivity index (χ3v) is 3.05. The highest BCUT2D eigenvalue weighted by molar-refractivity contribution is 5.84. The van der Waals surface area contributed by atoms with Crippen LogP contribution in [0.4, 0.5) is 5.82 Å². The van der Waals surface area contributed by atoms with Crippen LogP contribution >= 0.6 is 0 Å². The Morgan fingerprint density at radius 1 is 1.24 bits per heavy atom. The number of nitrogens with zero attached hydrogens (tertiary/aromatic N) is 3. The molecule has 0 amide bonds. The Hall–Kier alpha value is -1.92. The maximum Gasteiger partial charge on any atom is 0.151 e. The molecule has 1 aliphatic rings. The van der Waals surface area contributed by atoms with Gasteiger partial charge in [-0.2, -0.15) is 0 Å². The van der Waals surface area contributed by atoms with Gasteiger partial charge in [-0.25, -0.2) is 9.97 Å². The van der Waals surface area contributed by atoms with Crippen molar-refractivity contribution in [3.63, 3.8) is 0 Å². The normalized spacial score (nSPS) is 28.0. The highest BCUT2D eigenvalue weighted by atomic mass is 16.3. The van der Waals surface area contributed by atoms with Crippen LogP contribution in [-0.4, -0.2) is 37.0 Å². The van der Waals surface area contributed by atoms with Gasteiger partial charge in [0, 0.05) is 6.20 Å². The molecule has 17 heavy (non-hydrogen) atoms. The summed E-state index contributed by atoms with van der Waals surface area (Å²) in [7, 11) is 0. The van der Waals surface area contributed by atoms with Crippen LogP contribution in [0.25, 0.3) is 11.0 Å². The molecule has 6 nitrogen and oxygen atoms in total. The number of rotatable bonds is 1. The maximum absolute atomic E-state index is 9.85. The summed E-state index contributed by atoms with van der Waals surface area (Å²) in [4.78, 5) is 8.12. The van der Waals surface area contributed by atoms with Gasteiger partial charge in [-0.1, -0.05) is 12.2 Å². The summed E-state index contributed by atoms with van der Waals surface area (Å²) in [5.41, 5.74) is 7.11. The topological polar surface area (TPSA) is 97.2 Å². The summed E-state index contributed by atoms with van der Waals surface area (Å²) >= 11 is 0. The van der Waals surface area contributed by atoms with Crippen molar-refractivity contribution in [1.29, 1.82) is 0 Å². The molecule has 88 valence electrons. The molecular formula is C11H12N4O2. The van der Waals surface area contributed by atoms with Crippen LogP contribution in [0.1, 0.15) is 6.04 Å². The highest BCUT2D eigenvalue weighted by Gasteiger charge is 2.30. The first-order valence-electron chi connectivity index (χ1n) is 5.30. The molecule has 3 unspecified atom stereocenters. The van der Waals surface area contributed by atoms with Gasteiger partial charge in [-0.05, 0) is 6.07 Å². The van der Waals surface area contributed by atoms with Crippen LogP contribution in [0.5, 0.6) is 0 Å². The van der Waals surface area contributed by atoms with Crippen molar-refractivity contribution in [2.45, 2.75) is 18.2 Å². The van der Waals surface area contributed by atoms with E-state index >= 15 is 0 Å². The molecule has 0 saturated carbocycles. The van der Waals surface area contributed by atoms with Gasteiger partial charge in [0.25, 0.3) is 0 Å². The molecule has 0 fully saturated rings. The molecule has 6 heteroatoms. The summed E-state index contributed by atoms with van der Waals surface area (Å²) in [6.07, 6.45) is 4.83. The number of imidazole rings is 1. The number of hydrogen-bond acceptors (Lipinski definition) is 5. The standard InChI is InChI=1S/C11H12N4O2/c12-11-9-6(3-4-13-11)15(5-14-9)7-1-2-8(16)10(7)17/h1-5,7-8,10,16-17H,(H2,12,13). The molecule has 0 saturated heterocycles. The number of nitrogen functional groups attached to an aromatic ring is 1. The number of aromatic nitrogens is 3. The van der Waals surface area contributed by atoms with E-state index in [0.717, 1.165) is 5.52 Å². The number of nitrogens with two attached hydrogens (primary N) is 1. The first-order valence-corrected chi connectivity index (χ1v) is 5.30. The molecule has 3 atom stereocenters. The average molecular weight is 232 g/mol. The lowest BCUT2D eigenvalue weighted by Gasteiger charge is -2.18. The van der Waals surface area contributed by atoms with Crippen molar-refractivity contribution < 1.29 is 10.2 Å². The lowest BCUT2D eigenvalue weighted by molar-refractivity contribution is 0.0376. The fourth-order valence-electron chi connectivity index (χ4n) is 2.13. The third-order valence-electron chi connectivity index (χ3n) is 3.05. The lowest BCUT2D eigenvalue weighted by Crippen LogP contribution is -2.27. The highest BCUT2D eigenvalue weighted by Crippen LogP contribution is 2.28. The number of aliphatic hydroxyl groups is 2. The van der Waals surface area contributed by atoms with Crippen LogP contribution in [0.15, 0.2) is 30.7 Å². The molecule has 3 rings (SSSR count). The first-order chi connectivity index (χ1) is 8.18. The zero-order chi connectivity index (χ0) is 12.0. The average Bonchev–Trinajstić information content (AvgIpc) is 2.86. The zero-order valence-corrected chi connectivity index (χ0v) is 8.93. The van der Waals surface area contributed by atoms with Crippen LogP contribution in [0, 0.1) is 0 Å². The SMILES string of the molecule is Nc1nccc2c1ncn2C1C=CC(O)C1O. The van der Waals surface area contributed by atoms with Gasteiger partial charge in [0.2, 0.25) is 0 Å². The fourth-order valence-corrected chi connectivity index (χ4v) is 2.13. The summed E-state index contributed by atoms with van der Waals surface area (Å²) in [6, 6.07) is 1.46. The molecule has 0 radical (unpaired) electrons. The van der Waals surface area contributed by atoms with Crippen LogP contribution in [-0.2, 0) is 0 Å². The molecule has 0 spiro atoms. The van der Waals surface area contributed by atoms with E-state index < -0.39 is 12.2 Å².